The third-order valence-corrected chi connectivity index (χ3v) is 4.87. The van der Waals surface area contributed by atoms with Crippen molar-refractivity contribution in [3.63, 3.8) is 0 Å². The summed E-state index contributed by atoms with van der Waals surface area (Å²) in [4.78, 5) is 27.6. The molecule has 0 amide bonds. The number of nitrogens with zero attached hydrogens (tertiary/aromatic N) is 4. The number of esters is 1. The fraction of sp³-hybridized carbons (Fsp3) is 0.550. The van der Waals surface area contributed by atoms with Gasteiger partial charge < -0.3 is 9.47 Å². The van der Waals surface area contributed by atoms with Crippen molar-refractivity contribution < 1.29 is 19.1 Å². The molecule has 0 bridgehead atoms. The normalized spacial score (nSPS) is 19.0. The quantitative estimate of drug-likeness (QED) is 0.533. The minimum Gasteiger partial charge on any atom is -0.489 e. The highest BCUT2D eigenvalue weighted by atomic mass is 16.5. The van der Waals surface area contributed by atoms with E-state index in [1.54, 1.807) is 13.1 Å². The Morgan fingerprint density at radius 2 is 2.14 bits per heavy atom. The molecule has 0 radical (unpaired) electrons. The number of rotatable bonds is 7. The summed E-state index contributed by atoms with van der Waals surface area (Å²) in [7, 11) is 1.66. The van der Waals surface area contributed by atoms with Crippen LogP contribution in [0.15, 0.2) is 12.1 Å². The highest BCUT2D eigenvalue weighted by Crippen LogP contribution is 2.33. The molecule has 2 aromatic rings. The number of hydrogen-bond donors (Lipinski definition) is 0. The molecule has 8 heteroatoms. The number of pyridine rings is 1. The second-order valence-corrected chi connectivity index (χ2v) is 7.51. The molecule has 0 unspecified atom stereocenters. The van der Waals surface area contributed by atoms with Gasteiger partial charge >= 0.3 is 5.97 Å². The van der Waals surface area contributed by atoms with Gasteiger partial charge in [-0.15, -0.1) is 5.10 Å². The van der Waals surface area contributed by atoms with Crippen LogP contribution < -0.4 is 4.74 Å². The van der Waals surface area contributed by atoms with Crippen LogP contribution in [0.4, 0.5) is 0 Å². The first kappa shape index (κ1) is 20.0. The average molecular weight is 386 g/mol. The Balaban J connectivity index is 1.63. The molecule has 0 aliphatic heterocycles. The van der Waals surface area contributed by atoms with E-state index in [9.17, 15) is 9.59 Å². The summed E-state index contributed by atoms with van der Waals surface area (Å²) in [6.45, 7) is 5.58. The molecule has 2 atom stereocenters. The Labute approximate surface area is 164 Å². The van der Waals surface area contributed by atoms with E-state index in [-0.39, 0.29) is 18.2 Å². The van der Waals surface area contributed by atoms with Gasteiger partial charge in [0.05, 0.1) is 23.6 Å². The first-order chi connectivity index (χ1) is 13.4. The van der Waals surface area contributed by atoms with E-state index < -0.39 is 0 Å². The molecular weight excluding hydrogens is 360 g/mol. The van der Waals surface area contributed by atoms with Gasteiger partial charge in [0, 0.05) is 13.5 Å². The average Bonchev–Trinajstić information content (AvgIpc) is 3.22. The molecule has 0 saturated heterocycles. The van der Waals surface area contributed by atoms with Crippen LogP contribution in [0.1, 0.15) is 55.7 Å². The molecule has 1 aliphatic rings. The van der Waals surface area contributed by atoms with Crippen LogP contribution in [-0.4, -0.2) is 44.4 Å². The van der Waals surface area contributed by atoms with E-state index in [1.165, 1.54) is 4.68 Å². The summed E-state index contributed by atoms with van der Waals surface area (Å²) in [5.74, 6) is 0.854. The maximum absolute atomic E-state index is 11.8. The molecule has 3 rings (SSSR count). The van der Waals surface area contributed by atoms with Crippen molar-refractivity contribution >= 4 is 12.3 Å². The van der Waals surface area contributed by atoms with E-state index in [0.717, 1.165) is 31.2 Å². The van der Waals surface area contributed by atoms with Crippen molar-refractivity contribution in [3.05, 3.63) is 23.5 Å². The van der Waals surface area contributed by atoms with Crippen molar-refractivity contribution in [1.82, 2.24) is 20.0 Å². The Bertz CT molecular complexity index is 862. The summed E-state index contributed by atoms with van der Waals surface area (Å²) in [6, 6.07) is 3.63. The maximum Gasteiger partial charge on any atom is 0.306 e. The van der Waals surface area contributed by atoms with Gasteiger partial charge in [-0.2, -0.15) is 0 Å². The molecular formula is C20H26N4O4. The van der Waals surface area contributed by atoms with Crippen LogP contribution >= 0.6 is 0 Å². The summed E-state index contributed by atoms with van der Waals surface area (Å²) >= 11 is 0. The van der Waals surface area contributed by atoms with Gasteiger partial charge in [-0.25, -0.2) is 9.67 Å². The summed E-state index contributed by atoms with van der Waals surface area (Å²) in [6.07, 6.45) is 3.82. The topological polar surface area (TPSA) is 96.2 Å². The smallest absolute Gasteiger partial charge is 0.306 e. The number of carbonyl (C=O) groups is 2. The Hall–Kier alpha value is -2.77. The molecule has 1 aliphatic carbocycles. The number of hydrogen-bond acceptors (Lipinski definition) is 7. The standard InChI is InChI=1S/C20H26N4O4/c1-12(2)27-19(26)10-14-5-6-15(9-14)28-18-8-7-16(21-13(18)3)20-17(11-25)24(4)23-22-20/h7-8,11-12,14-15H,5-6,9-10H2,1-4H3/t14-,15-/m0/s1. The van der Waals surface area contributed by atoms with Crippen molar-refractivity contribution in [3.8, 4) is 17.1 Å². The van der Waals surface area contributed by atoms with E-state index in [1.807, 2.05) is 26.8 Å². The summed E-state index contributed by atoms with van der Waals surface area (Å²) in [5.41, 5.74) is 2.15. The Kier molecular flexibility index (Phi) is 6.06. The van der Waals surface area contributed by atoms with Gasteiger partial charge in [-0.1, -0.05) is 5.21 Å². The van der Waals surface area contributed by atoms with Gasteiger partial charge in [0.2, 0.25) is 0 Å². The molecule has 1 fully saturated rings. The van der Waals surface area contributed by atoms with Gasteiger partial charge in [-0.3, -0.25) is 9.59 Å². The van der Waals surface area contributed by atoms with E-state index in [2.05, 4.69) is 15.3 Å². The minimum atomic E-state index is -0.141. The number of carbonyl (C=O) groups excluding carboxylic acids is 2. The largest absolute Gasteiger partial charge is 0.489 e. The maximum atomic E-state index is 11.8. The lowest BCUT2D eigenvalue weighted by atomic mass is 10.0. The first-order valence-corrected chi connectivity index (χ1v) is 9.56. The molecule has 2 heterocycles. The predicted octanol–water partition coefficient (Wildman–Crippen LogP) is 2.89. The number of aromatic nitrogens is 4. The van der Waals surface area contributed by atoms with Crippen LogP contribution in [0.5, 0.6) is 5.75 Å². The lowest BCUT2D eigenvalue weighted by molar-refractivity contribution is -0.148. The second-order valence-electron chi connectivity index (χ2n) is 7.51. The predicted molar refractivity (Wildman–Crippen MR) is 102 cm³/mol. The summed E-state index contributed by atoms with van der Waals surface area (Å²) in [5, 5.41) is 7.90. The zero-order valence-electron chi connectivity index (χ0n) is 16.7. The summed E-state index contributed by atoms with van der Waals surface area (Å²) < 4.78 is 12.8. The monoisotopic (exact) mass is 386 g/mol. The highest BCUT2D eigenvalue weighted by Gasteiger charge is 2.29. The van der Waals surface area contributed by atoms with Gasteiger partial charge in [0.15, 0.2) is 6.29 Å². The number of aryl methyl sites for hydroxylation is 2. The fourth-order valence-corrected chi connectivity index (χ4v) is 3.53. The lowest BCUT2D eigenvalue weighted by Crippen LogP contribution is -2.16. The molecule has 8 nitrogen and oxygen atoms in total. The van der Waals surface area contributed by atoms with Gasteiger partial charge in [0.1, 0.15) is 17.1 Å². The Morgan fingerprint density at radius 3 is 2.82 bits per heavy atom. The van der Waals surface area contributed by atoms with Crippen LogP contribution in [0, 0.1) is 12.8 Å². The van der Waals surface area contributed by atoms with Crippen LogP contribution in [0.25, 0.3) is 11.4 Å². The molecule has 0 aromatic carbocycles. The fourth-order valence-electron chi connectivity index (χ4n) is 3.53. The van der Waals surface area contributed by atoms with E-state index in [0.29, 0.717) is 35.2 Å². The van der Waals surface area contributed by atoms with Crippen molar-refractivity contribution in [2.45, 2.75) is 58.7 Å². The molecule has 150 valence electrons. The molecule has 0 spiro atoms. The van der Waals surface area contributed by atoms with Crippen LogP contribution in [-0.2, 0) is 16.6 Å². The van der Waals surface area contributed by atoms with E-state index >= 15 is 0 Å². The Morgan fingerprint density at radius 1 is 1.36 bits per heavy atom. The van der Waals surface area contributed by atoms with Crippen molar-refractivity contribution in [2.75, 3.05) is 0 Å². The van der Waals surface area contributed by atoms with Crippen molar-refractivity contribution in [1.29, 1.82) is 0 Å². The first-order valence-electron chi connectivity index (χ1n) is 9.56. The van der Waals surface area contributed by atoms with E-state index in [4.69, 9.17) is 9.47 Å². The SMILES string of the molecule is Cc1nc(-c2nnn(C)c2C=O)ccc1O[C@H]1CC[C@H](CC(=O)OC(C)C)C1. The van der Waals surface area contributed by atoms with Crippen LogP contribution in [0.3, 0.4) is 0 Å². The third kappa shape index (κ3) is 4.55. The van der Waals surface area contributed by atoms with Gasteiger partial charge in [0.25, 0.3) is 0 Å². The zero-order chi connectivity index (χ0) is 20.3. The molecule has 28 heavy (non-hydrogen) atoms. The number of aldehydes is 1. The highest BCUT2D eigenvalue weighted by molar-refractivity contribution is 5.82. The molecule has 0 N–H and O–H groups in total. The number of ether oxygens (including phenoxy) is 2. The lowest BCUT2D eigenvalue weighted by Gasteiger charge is -2.16. The van der Waals surface area contributed by atoms with Gasteiger partial charge in [-0.05, 0) is 58.1 Å². The molecule has 2 aromatic heterocycles. The minimum absolute atomic E-state index is 0.0604. The third-order valence-electron chi connectivity index (χ3n) is 4.87. The van der Waals surface area contributed by atoms with Crippen molar-refractivity contribution in [2.24, 2.45) is 13.0 Å². The second kappa shape index (κ2) is 8.50. The molecule has 1 saturated carbocycles. The van der Waals surface area contributed by atoms with Crippen LogP contribution in [0.2, 0.25) is 0 Å². The zero-order valence-corrected chi connectivity index (χ0v) is 16.7.